The predicted molar refractivity (Wildman–Crippen MR) is 101 cm³/mol. The predicted octanol–water partition coefficient (Wildman–Crippen LogP) is 4.14. The van der Waals surface area contributed by atoms with Crippen LogP contribution in [-0.4, -0.2) is 29.9 Å². The zero-order valence-corrected chi connectivity index (χ0v) is 15.3. The highest BCUT2D eigenvalue weighted by molar-refractivity contribution is 6.31. The van der Waals surface area contributed by atoms with Gasteiger partial charge in [0.1, 0.15) is 0 Å². The average molecular weight is 360 g/mol. The normalized spacial score (nSPS) is 10.4. The average Bonchev–Trinajstić information content (AvgIpc) is 2.56. The lowest BCUT2D eigenvalue weighted by Gasteiger charge is -2.20. The van der Waals surface area contributed by atoms with Crippen molar-refractivity contribution in [3.8, 4) is 0 Å². The van der Waals surface area contributed by atoms with Crippen LogP contribution in [0.5, 0.6) is 0 Å². The monoisotopic (exact) mass is 359 g/mol. The third-order valence-corrected chi connectivity index (χ3v) is 3.91. The minimum Gasteiger partial charge on any atom is -0.337 e. The number of rotatable bonds is 5. The quantitative estimate of drug-likeness (QED) is 0.842. The first-order chi connectivity index (χ1) is 11.9. The molecular formula is C19H22ClN3O2. The van der Waals surface area contributed by atoms with Gasteiger partial charge in [-0.1, -0.05) is 41.9 Å². The molecule has 0 heterocycles. The molecule has 25 heavy (non-hydrogen) atoms. The Labute approximate surface area is 153 Å². The summed E-state index contributed by atoms with van der Waals surface area (Å²) in [6.45, 7) is 4.12. The summed E-state index contributed by atoms with van der Waals surface area (Å²) in [5.41, 5.74) is 1.76. The number of urea groups is 1. The maximum atomic E-state index is 12.8. The lowest BCUT2D eigenvalue weighted by atomic mass is 10.1. The molecule has 0 radical (unpaired) electrons. The zero-order valence-electron chi connectivity index (χ0n) is 14.5. The van der Waals surface area contributed by atoms with Crippen molar-refractivity contribution in [1.82, 2.24) is 10.2 Å². The van der Waals surface area contributed by atoms with Gasteiger partial charge in [-0.15, -0.1) is 0 Å². The summed E-state index contributed by atoms with van der Waals surface area (Å²) in [6.07, 6.45) is 0. The van der Waals surface area contributed by atoms with Gasteiger partial charge in [0.05, 0.1) is 11.3 Å². The molecule has 0 bridgehead atoms. The summed E-state index contributed by atoms with van der Waals surface area (Å²) in [6, 6.07) is 14.0. The van der Waals surface area contributed by atoms with Gasteiger partial charge in [-0.3, -0.25) is 4.79 Å². The molecule has 0 aliphatic heterocycles. The van der Waals surface area contributed by atoms with E-state index in [9.17, 15) is 9.59 Å². The van der Waals surface area contributed by atoms with Crippen molar-refractivity contribution < 1.29 is 9.59 Å². The molecule has 0 aliphatic carbocycles. The van der Waals surface area contributed by atoms with E-state index in [1.54, 1.807) is 42.3 Å². The molecule has 2 N–H and O–H groups in total. The summed E-state index contributed by atoms with van der Waals surface area (Å²) in [5.74, 6) is -0.194. The number of carbonyl (C=O) groups is 2. The van der Waals surface area contributed by atoms with E-state index in [4.69, 9.17) is 11.6 Å². The minimum atomic E-state index is -0.344. The van der Waals surface area contributed by atoms with Crippen molar-refractivity contribution in [1.29, 1.82) is 0 Å². The Kier molecular flexibility index (Phi) is 6.42. The number of anilines is 1. The highest BCUT2D eigenvalue weighted by Gasteiger charge is 2.18. The molecule has 5 nitrogen and oxygen atoms in total. The number of carbonyl (C=O) groups excluding carboxylic acids is 2. The topological polar surface area (TPSA) is 61.4 Å². The molecule has 0 fully saturated rings. The standard InChI is InChI=1S/C19H22ClN3O2/c1-13(2)21-19(25)22-17-11-7-5-9-15(17)18(24)23(3)12-14-8-4-6-10-16(14)20/h4-11,13H,12H2,1-3H3,(H2,21,22,25). The van der Waals surface area contributed by atoms with Gasteiger partial charge in [0.2, 0.25) is 0 Å². The fourth-order valence-electron chi connectivity index (χ4n) is 2.36. The third-order valence-electron chi connectivity index (χ3n) is 3.54. The van der Waals surface area contributed by atoms with Gasteiger partial charge in [0.15, 0.2) is 0 Å². The minimum absolute atomic E-state index is 0.00533. The number of nitrogens with zero attached hydrogens (tertiary/aromatic N) is 1. The van der Waals surface area contributed by atoms with Crippen LogP contribution in [0, 0.1) is 0 Å². The van der Waals surface area contributed by atoms with Gasteiger partial charge >= 0.3 is 6.03 Å². The van der Waals surface area contributed by atoms with Crippen LogP contribution in [-0.2, 0) is 6.54 Å². The first-order valence-electron chi connectivity index (χ1n) is 8.04. The highest BCUT2D eigenvalue weighted by Crippen LogP contribution is 2.20. The van der Waals surface area contributed by atoms with E-state index in [-0.39, 0.29) is 18.0 Å². The van der Waals surface area contributed by atoms with Crippen LogP contribution in [0.3, 0.4) is 0 Å². The van der Waals surface area contributed by atoms with Crippen molar-refractivity contribution in [2.24, 2.45) is 0 Å². The molecule has 0 spiro atoms. The van der Waals surface area contributed by atoms with Crippen molar-refractivity contribution in [3.05, 3.63) is 64.7 Å². The summed E-state index contributed by atoms with van der Waals surface area (Å²) < 4.78 is 0. The molecule has 0 atom stereocenters. The second-order valence-corrected chi connectivity index (χ2v) is 6.46. The zero-order chi connectivity index (χ0) is 18.4. The van der Waals surface area contributed by atoms with Gasteiger partial charge in [0, 0.05) is 24.7 Å². The van der Waals surface area contributed by atoms with Gasteiger partial charge in [-0.2, -0.15) is 0 Å². The van der Waals surface area contributed by atoms with Gasteiger partial charge < -0.3 is 15.5 Å². The largest absolute Gasteiger partial charge is 0.337 e. The number of amides is 3. The molecule has 2 aromatic rings. The molecule has 0 saturated carbocycles. The van der Waals surface area contributed by atoms with E-state index >= 15 is 0 Å². The molecule has 2 aromatic carbocycles. The second kappa shape index (κ2) is 8.53. The third kappa shape index (κ3) is 5.22. The number of benzene rings is 2. The van der Waals surface area contributed by atoms with Crippen LogP contribution < -0.4 is 10.6 Å². The lowest BCUT2D eigenvalue weighted by Crippen LogP contribution is -2.35. The van der Waals surface area contributed by atoms with Crippen LogP contribution >= 0.6 is 11.6 Å². The smallest absolute Gasteiger partial charge is 0.319 e. The van der Waals surface area contributed by atoms with Crippen molar-refractivity contribution in [2.45, 2.75) is 26.4 Å². The summed E-state index contributed by atoms with van der Waals surface area (Å²) in [4.78, 5) is 26.3. The molecular weight excluding hydrogens is 338 g/mol. The molecule has 0 aliphatic rings. The Morgan fingerprint density at radius 2 is 1.72 bits per heavy atom. The molecule has 3 amide bonds. The van der Waals surface area contributed by atoms with Crippen LogP contribution in [0.15, 0.2) is 48.5 Å². The van der Waals surface area contributed by atoms with E-state index in [0.29, 0.717) is 22.8 Å². The van der Waals surface area contributed by atoms with Crippen molar-refractivity contribution in [3.63, 3.8) is 0 Å². The van der Waals surface area contributed by atoms with E-state index in [1.165, 1.54) is 0 Å². The summed E-state index contributed by atoms with van der Waals surface area (Å²) in [7, 11) is 1.70. The molecule has 0 aromatic heterocycles. The number of hydrogen-bond acceptors (Lipinski definition) is 2. The Hall–Kier alpha value is -2.53. The van der Waals surface area contributed by atoms with Crippen LogP contribution in [0.4, 0.5) is 10.5 Å². The highest BCUT2D eigenvalue weighted by atomic mass is 35.5. The number of hydrogen-bond donors (Lipinski definition) is 2. The maximum absolute atomic E-state index is 12.8. The van der Waals surface area contributed by atoms with Gasteiger partial charge in [-0.05, 0) is 37.6 Å². The summed E-state index contributed by atoms with van der Waals surface area (Å²) in [5, 5.41) is 6.09. The van der Waals surface area contributed by atoms with Crippen LogP contribution in [0.1, 0.15) is 29.8 Å². The van der Waals surface area contributed by atoms with E-state index in [0.717, 1.165) is 5.56 Å². The number of halogens is 1. The molecule has 0 unspecified atom stereocenters. The van der Waals surface area contributed by atoms with Crippen LogP contribution in [0.25, 0.3) is 0 Å². The molecule has 132 valence electrons. The lowest BCUT2D eigenvalue weighted by molar-refractivity contribution is 0.0786. The Morgan fingerprint density at radius 3 is 2.40 bits per heavy atom. The van der Waals surface area contributed by atoms with Gasteiger partial charge in [-0.25, -0.2) is 4.79 Å². The fraction of sp³-hybridized carbons (Fsp3) is 0.263. The first-order valence-corrected chi connectivity index (χ1v) is 8.41. The van der Waals surface area contributed by atoms with Gasteiger partial charge in [0.25, 0.3) is 5.91 Å². The Bertz CT molecular complexity index is 762. The van der Waals surface area contributed by atoms with E-state index in [1.807, 2.05) is 32.0 Å². The maximum Gasteiger partial charge on any atom is 0.319 e. The second-order valence-electron chi connectivity index (χ2n) is 6.05. The van der Waals surface area contributed by atoms with Crippen molar-refractivity contribution in [2.75, 3.05) is 12.4 Å². The molecule has 6 heteroatoms. The van der Waals surface area contributed by atoms with E-state index in [2.05, 4.69) is 10.6 Å². The molecule has 0 saturated heterocycles. The van der Waals surface area contributed by atoms with Crippen LogP contribution in [0.2, 0.25) is 5.02 Å². The molecule has 2 rings (SSSR count). The number of nitrogens with one attached hydrogen (secondary N) is 2. The fourth-order valence-corrected chi connectivity index (χ4v) is 2.55. The Balaban J connectivity index is 2.16. The SMILES string of the molecule is CC(C)NC(=O)Nc1ccccc1C(=O)N(C)Cc1ccccc1Cl. The van der Waals surface area contributed by atoms with Crippen molar-refractivity contribution >= 4 is 29.2 Å². The number of para-hydroxylation sites is 1. The Morgan fingerprint density at radius 1 is 1.08 bits per heavy atom. The van der Waals surface area contributed by atoms with E-state index < -0.39 is 0 Å². The summed E-state index contributed by atoms with van der Waals surface area (Å²) >= 11 is 6.16. The first kappa shape index (κ1) is 18.8.